The van der Waals surface area contributed by atoms with Crippen molar-refractivity contribution in [3.8, 4) is 5.75 Å². The summed E-state index contributed by atoms with van der Waals surface area (Å²) in [6, 6.07) is 5.19. The average molecular weight is 503 g/mol. The van der Waals surface area contributed by atoms with Crippen LogP contribution in [0.1, 0.15) is 48.0 Å². The topological polar surface area (TPSA) is 111 Å². The molecular weight excluding hydrogens is 469 g/mol. The summed E-state index contributed by atoms with van der Waals surface area (Å²) in [6.45, 7) is 7.02. The number of likely N-dealkylation sites (tertiary alicyclic amines) is 2. The van der Waals surface area contributed by atoms with Crippen molar-refractivity contribution >= 4 is 11.9 Å². The number of carbonyl (C=O) groups excluding carboxylic acids is 1. The Bertz CT molecular complexity index is 894. The van der Waals surface area contributed by atoms with E-state index in [1.165, 1.54) is 0 Å². The Labute approximate surface area is 202 Å². The standard InChI is InChI=1S/C22H32N2O4.C2HF3O2/c1-16-2-3-20(26)19(12-16)21(27)24-10-6-22(7-11-24)13-18(28-15-22)14-23-8-4-17(25)5-9-23;3-2(4,5)1(6)7/h2-3,12,17-18,25-26H,4-11,13-15H2,1H3;(H,6,7). The largest absolute Gasteiger partial charge is 0.507 e. The van der Waals surface area contributed by atoms with E-state index in [1.807, 2.05) is 17.9 Å². The van der Waals surface area contributed by atoms with Gasteiger partial charge in [-0.05, 0) is 56.6 Å². The number of halogens is 3. The number of piperidine rings is 2. The van der Waals surface area contributed by atoms with E-state index in [0.29, 0.717) is 5.56 Å². The van der Waals surface area contributed by atoms with Gasteiger partial charge in [-0.3, -0.25) is 4.79 Å². The summed E-state index contributed by atoms with van der Waals surface area (Å²) < 4.78 is 37.9. The van der Waals surface area contributed by atoms with Crippen molar-refractivity contribution < 1.29 is 42.8 Å². The highest BCUT2D eigenvalue weighted by Gasteiger charge is 2.43. The van der Waals surface area contributed by atoms with Gasteiger partial charge in [-0.25, -0.2) is 4.79 Å². The zero-order valence-electron chi connectivity index (χ0n) is 19.8. The molecular formula is C24H33F3N2O6. The van der Waals surface area contributed by atoms with Gasteiger partial charge in [-0.15, -0.1) is 0 Å². The van der Waals surface area contributed by atoms with Crippen LogP contribution in [0, 0.1) is 12.3 Å². The summed E-state index contributed by atoms with van der Waals surface area (Å²) in [5, 5.41) is 26.9. The summed E-state index contributed by atoms with van der Waals surface area (Å²) in [7, 11) is 0. The molecule has 1 aromatic rings. The third kappa shape index (κ3) is 7.31. The Balaban J connectivity index is 0.000000429. The highest BCUT2D eigenvalue weighted by molar-refractivity contribution is 5.97. The number of aliphatic carboxylic acids is 1. The summed E-state index contributed by atoms with van der Waals surface area (Å²) >= 11 is 0. The van der Waals surface area contributed by atoms with Gasteiger partial charge in [-0.1, -0.05) is 11.6 Å². The number of hydrogen-bond acceptors (Lipinski definition) is 6. The van der Waals surface area contributed by atoms with Gasteiger partial charge in [0.15, 0.2) is 0 Å². The average Bonchev–Trinajstić information content (AvgIpc) is 3.18. The van der Waals surface area contributed by atoms with E-state index in [2.05, 4.69) is 4.90 Å². The molecule has 8 nitrogen and oxygen atoms in total. The molecule has 3 aliphatic heterocycles. The fourth-order valence-corrected chi connectivity index (χ4v) is 4.93. The normalized spacial score (nSPS) is 23.1. The first-order valence-corrected chi connectivity index (χ1v) is 11.8. The molecule has 1 unspecified atom stereocenters. The minimum absolute atomic E-state index is 0.0619. The number of aliphatic hydroxyl groups excluding tert-OH is 1. The molecule has 1 spiro atoms. The number of rotatable bonds is 3. The SMILES string of the molecule is Cc1ccc(O)c(C(=O)N2CCC3(CC2)COC(CN2CCC(O)CC2)C3)c1.O=C(O)C(F)(F)F. The molecule has 3 aliphatic rings. The molecule has 0 bridgehead atoms. The van der Waals surface area contributed by atoms with Crippen molar-refractivity contribution in [1.29, 1.82) is 0 Å². The lowest BCUT2D eigenvalue weighted by Gasteiger charge is -2.38. The number of benzene rings is 1. The molecule has 0 aromatic heterocycles. The van der Waals surface area contributed by atoms with Crippen LogP contribution in [0.25, 0.3) is 0 Å². The van der Waals surface area contributed by atoms with E-state index in [0.717, 1.165) is 77.0 Å². The van der Waals surface area contributed by atoms with Gasteiger partial charge in [0.05, 0.1) is 24.4 Å². The minimum Gasteiger partial charge on any atom is -0.507 e. The second kappa shape index (κ2) is 11.1. The lowest BCUT2D eigenvalue weighted by molar-refractivity contribution is -0.192. The third-order valence-electron chi connectivity index (χ3n) is 7.04. The summed E-state index contributed by atoms with van der Waals surface area (Å²) in [4.78, 5) is 26.0. The molecule has 1 atom stereocenters. The van der Waals surface area contributed by atoms with Crippen LogP contribution in [0.15, 0.2) is 18.2 Å². The van der Waals surface area contributed by atoms with Gasteiger partial charge >= 0.3 is 12.1 Å². The molecule has 1 aromatic carbocycles. The highest BCUT2D eigenvalue weighted by Crippen LogP contribution is 2.42. The number of amides is 1. The van der Waals surface area contributed by atoms with Gasteiger partial charge in [0.25, 0.3) is 5.91 Å². The Morgan fingerprint density at radius 1 is 1.14 bits per heavy atom. The van der Waals surface area contributed by atoms with Crippen molar-refractivity contribution in [2.45, 2.75) is 57.4 Å². The number of nitrogens with zero attached hydrogens (tertiary/aromatic N) is 2. The number of carbonyl (C=O) groups is 2. The van der Waals surface area contributed by atoms with Crippen LogP contribution >= 0.6 is 0 Å². The van der Waals surface area contributed by atoms with E-state index in [1.54, 1.807) is 12.1 Å². The van der Waals surface area contributed by atoms with Crippen LogP contribution in [-0.2, 0) is 9.53 Å². The number of phenolic OH excluding ortho intramolecular Hbond substituents is 1. The van der Waals surface area contributed by atoms with Crippen LogP contribution in [0.5, 0.6) is 5.75 Å². The number of aryl methyl sites for hydroxylation is 1. The first kappa shape index (κ1) is 27.2. The van der Waals surface area contributed by atoms with Gasteiger partial charge in [-0.2, -0.15) is 13.2 Å². The number of alkyl halides is 3. The Hall–Kier alpha value is -2.37. The van der Waals surface area contributed by atoms with Crippen LogP contribution in [0.4, 0.5) is 13.2 Å². The van der Waals surface area contributed by atoms with Crippen LogP contribution < -0.4 is 0 Å². The quantitative estimate of drug-likeness (QED) is 0.583. The number of ether oxygens (including phenoxy) is 1. The predicted molar refractivity (Wildman–Crippen MR) is 120 cm³/mol. The van der Waals surface area contributed by atoms with Gasteiger partial charge in [0, 0.05) is 32.7 Å². The molecule has 0 radical (unpaired) electrons. The Morgan fingerprint density at radius 3 is 2.31 bits per heavy atom. The highest BCUT2D eigenvalue weighted by atomic mass is 19.4. The molecule has 1 amide bonds. The molecule has 0 saturated carbocycles. The third-order valence-corrected chi connectivity index (χ3v) is 7.04. The van der Waals surface area contributed by atoms with Crippen LogP contribution in [0.3, 0.4) is 0 Å². The fourth-order valence-electron chi connectivity index (χ4n) is 4.93. The minimum atomic E-state index is -5.08. The second-order valence-electron chi connectivity index (χ2n) is 9.78. The summed E-state index contributed by atoms with van der Waals surface area (Å²) in [5.74, 6) is -2.77. The van der Waals surface area contributed by atoms with E-state index in [4.69, 9.17) is 14.6 Å². The smallest absolute Gasteiger partial charge is 0.490 e. The molecule has 196 valence electrons. The summed E-state index contributed by atoms with van der Waals surface area (Å²) in [5.41, 5.74) is 1.57. The predicted octanol–water partition coefficient (Wildman–Crippen LogP) is 2.80. The van der Waals surface area contributed by atoms with E-state index >= 15 is 0 Å². The number of carboxylic acids is 1. The van der Waals surface area contributed by atoms with E-state index in [9.17, 15) is 28.2 Å². The van der Waals surface area contributed by atoms with Crippen molar-refractivity contribution in [3.05, 3.63) is 29.3 Å². The van der Waals surface area contributed by atoms with Crippen molar-refractivity contribution in [3.63, 3.8) is 0 Å². The second-order valence-corrected chi connectivity index (χ2v) is 9.78. The Morgan fingerprint density at radius 2 is 1.74 bits per heavy atom. The first-order chi connectivity index (χ1) is 16.4. The number of phenols is 1. The van der Waals surface area contributed by atoms with Crippen molar-refractivity contribution in [2.75, 3.05) is 39.3 Å². The van der Waals surface area contributed by atoms with Gasteiger partial charge in [0.1, 0.15) is 5.75 Å². The van der Waals surface area contributed by atoms with Crippen LogP contribution in [-0.4, -0.2) is 94.7 Å². The van der Waals surface area contributed by atoms with Gasteiger partial charge < -0.3 is 29.9 Å². The van der Waals surface area contributed by atoms with Crippen molar-refractivity contribution in [2.24, 2.45) is 5.41 Å². The number of aromatic hydroxyl groups is 1. The van der Waals surface area contributed by atoms with Crippen LogP contribution in [0.2, 0.25) is 0 Å². The maximum absolute atomic E-state index is 12.8. The zero-order valence-corrected chi connectivity index (χ0v) is 19.8. The molecule has 35 heavy (non-hydrogen) atoms. The van der Waals surface area contributed by atoms with E-state index < -0.39 is 12.1 Å². The monoisotopic (exact) mass is 502 g/mol. The molecule has 0 aliphatic carbocycles. The van der Waals surface area contributed by atoms with E-state index in [-0.39, 0.29) is 29.3 Å². The molecule has 3 N–H and O–H groups in total. The lowest BCUT2D eigenvalue weighted by Crippen LogP contribution is -2.44. The molecule has 3 heterocycles. The molecule has 4 rings (SSSR count). The molecule has 3 saturated heterocycles. The number of aliphatic hydroxyl groups is 1. The summed E-state index contributed by atoms with van der Waals surface area (Å²) in [6.07, 6.45) is -0.258. The fraction of sp³-hybridized carbons (Fsp3) is 0.667. The molecule has 11 heteroatoms. The first-order valence-electron chi connectivity index (χ1n) is 11.8. The molecule has 3 fully saturated rings. The lowest BCUT2D eigenvalue weighted by atomic mass is 9.76. The number of hydrogen-bond donors (Lipinski definition) is 3. The maximum Gasteiger partial charge on any atom is 0.490 e. The van der Waals surface area contributed by atoms with Gasteiger partial charge in [0.2, 0.25) is 0 Å². The van der Waals surface area contributed by atoms with Crippen molar-refractivity contribution in [1.82, 2.24) is 9.80 Å². The zero-order chi connectivity index (χ0) is 25.8. The maximum atomic E-state index is 12.8. The number of carboxylic acid groups (broad SMARTS) is 1. The Kier molecular flexibility index (Phi) is 8.66.